The molecule has 1 amide bonds. The Kier molecular flexibility index (Phi) is 4.44. The molecule has 1 aromatic heterocycles. The van der Waals surface area contributed by atoms with Gasteiger partial charge in [0.05, 0.1) is 0 Å². The van der Waals surface area contributed by atoms with Gasteiger partial charge in [-0.3, -0.25) is 9.78 Å². The first-order valence-corrected chi connectivity index (χ1v) is 6.14. The predicted octanol–water partition coefficient (Wildman–Crippen LogP) is 1.51. The van der Waals surface area contributed by atoms with Gasteiger partial charge in [-0.25, -0.2) is 4.79 Å². The number of carboxylic acid groups (broad SMARTS) is 1. The lowest BCUT2D eigenvalue weighted by molar-refractivity contribution is -0.139. The third-order valence-electron chi connectivity index (χ3n) is 2.83. The first-order chi connectivity index (χ1) is 9.66. The standard InChI is InChI=1S/C15H14N2O3/c18-14(12-4-2-1-3-5-12)17-13(15(19)20)10-11-6-8-16-9-7-11/h1-9,13H,10H2,(H,17,18)(H,19,20)/t13-/m0/s1. The highest BCUT2D eigenvalue weighted by Crippen LogP contribution is 2.04. The summed E-state index contributed by atoms with van der Waals surface area (Å²) < 4.78 is 0. The molecule has 0 bridgehead atoms. The van der Waals surface area contributed by atoms with Crippen LogP contribution in [0.4, 0.5) is 0 Å². The van der Waals surface area contributed by atoms with Crippen molar-refractivity contribution in [2.75, 3.05) is 0 Å². The molecular weight excluding hydrogens is 256 g/mol. The van der Waals surface area contributed by atoms with E-state index in [1.165, 1.54) is 0 Å². The van der Waals surface area contributed by atoms with Gasteiger partial charge in [-0.2, -0.15) is 0 Å². The Balaban J connectivity index is 2.07. The summed E-state index contributed by atoms with van der Waals surface area (Å²) in [5, 5.41) is 11.7. The Morgan fingerprint density at radius 3 is 2.35 bits per heavy atom. The van der Waals surface area contributed by atoms with Gasteiger partial charge in [0, 0.05) is 24.4 Å². The van der Waals surface area contributed by atoms with Crippen LogP contribution in [0, 0.1) is 0 Å². The highest BCUT2D eigenvalue weighted by Gasteiger charge is 2.20. The van der Waals surface area contributed by atoms with E-state index in [4.69, 9.17) is 0 Å². The van der Waals surface area contributed by atoms with E-state index in [-0.39, 0.29) is 6.42 Å². The summed E-state index contributed by atoms with van der Waals surface area (Å²) in [6.07, 6.45) is 3.40. The Bertz CT molecular complexity index is 585. The van der Waals surface area contributed by atoms with Crippen molar-refractivity contribution in [3.05, 3.63) is 66.0 Å². The summed E-state index contributed by atoms with van der Waals surface area (Å²) in [6.45, 7) is 0. The smallest absolute Gasteiger partial charge is 0.326 e. The molecule has 1 heterocycles. The minimum atomic E-state index is -1.06. The largest absolute Gasteiger partial charge is 0.480 e. The van der Waals surface area contributed by atoms with E-state index in [1.54, 1.807) is 54.9 Å². The molecule has 1 atom stereocenters. The fraction of sp³-hybridized carbons (Fsp3) is 0.133. The molecule has 2 aromatic rings. The Morgan fingerprint density at radius 1 is 1.10 bits per heavy atom. The number of aliphatic carboxylic acids is 1. The number of rotatable bonds is 5. The maximum Gasteiger partial charge on any atom is 0.326 e. The lowest BCUT2D eigenvalue weighted by Gasteiger charge is -2.14. The van der Waals surface area contributed by atoms with Gasteiger partial charge in [-0.15, -0.1) is 0 Å². The second-order valence-electron chi connectivity index (χ2n) is 4.29. The molecule has 0 unspecified atom stereocenters. The fourth-order valence-corrected chi connectivity index (χ4v) is 1.79. The lowest BCUT2D eigenvalue weighted by atomic mass is 10.1. The summed E-state index contributed by atoms with van der Waals surface area (Å²) in [6, 6.07) is 11.0. The Morgan fingerprint density at radius 2 is 1.75 bits per heavy atom. The molecule has 0 spiro atoms. The van der Waals surface area contributed by atoms with Crippen molar-refractivity contribution in [1.82, 2.24) is 10.3 Å². The van der Waals surface area contributed by atoms with Crippen LogP contribution >= 0.6 is 0 Å². The van der Waals surface area contributed by atoms with E-state index >= 15 is 0 Å². The van der Waals surface area contributed by atoms with Gasteiger partial charge >= 0.3 is 5.97 Å². The van der Waals surface area contributed by atoms with Gasteiger partial charge < -0.3 is 10.4 Å². The number of hydrogen-bond acceptors (Lipinski definition) is 3. The zero-order valence-corrected chi connectivity index (χ0v) is 10.7. The first kappa shape index (κ1) is 13.7. The number of nitrogens with zero attached hydrogens (tertiary/aromatic N) is 1. The molecule has 5 heteroatoms. The number of carboxylic acids is 1. The van der Waals surface area contributed by atoms with Gasteiger partial charge in [-0.05, 0) is 29.8 Å². The van der Waals surface area contributed by atoms with Crippen LogP contribution in [-0.2, 0) is 11.2 Å². The Labute approximate surface area is 116 Å². The molecule has 0 radical (unpaired) electrons. The van der Waals surface area contributed by atoms with E-state index in [0.29, 0.717) is 5.56 Å². The van der Waals surface area contributed by atoms with Crippen molar-refractivity contribution in [2.45, 2.75) is 12.5 Å². The van der Waals surface area contributed by atoms with Crippen molar-refractivity contribution < 1.29 is 14.7 Å². The molecule has 102 valence electrons. The summed E-state index contributed by atoms with van der Waals surface area (Å²) in [7, 11) is 0. The molecule has 0 aliphatic rings. The van der Waals surface area contributed by atoms with Crippen molar-refractivity contribution >= 4 is 11.9 Å². The molecule has 0 fully saturated rings. The zero-order chi connectivity index (χ0) is 14.4. The average Bonchev–Trinajstić information content (AvgIpc) is 2.48. The van der Waals surface area contributed by atoms with Crippen LogP contribution in [0.15, 0.2) is 54.9 Å². The molecule has 2 rings (SSSR count). The van der Waals surface area contributed by atoms with E-state index in [1.807, 2.05) is 0 Å². The Hall–Kier alpha value is -2.69. The average molecular weight is 270 g/mol. The number of hydrogen-bond donors (Lipinski definition) is 2. The highest BCUT2D eigenvalue weighted by molar-refractivity contribution is 5.96. The molecule has 5 nitrogen and oxygen atoms in total. The van der Waals surface area contributed by atoms with Crippen LogP contribution in [0.3, 0.4) is 0 Å². The first-order valence-electron chi connectivity index (χ1n) is 6.14. The summed E-state index contributed by atoms with van der Waals surface area (Å²) in [5.74, 6) is -1.46. The van der Waals surface area contributed by atoms with Crippen molar-refractivity contribution in [2.24, 2.45) is 0 Å². The summed E-state index contributed by atoms with van der Waals surface area (Å²) in [4.78, 5) is 27.1. The second-order valence-corrected chi connectivity index (χ2v) is 4.29. The molecule has 1 aromatic carbocycles. The van der Waals surface area contributed by atoms with Crippen LogP contribution in [0.1, 0.15) is 15.9 Å². The van der Waals surface area contributed by atoms with Gasteiger partial charge in [0.1, 0.15) is 6.04 Å². The minimum Gasteiger partial charge on any atom is -0.480 e. The third-order valence-corrected chi connectivity index (χ3v) is 2.83. The minimum absolute atomic E-state index is 0.219. The van der Waals surface area contributed by atoms with Crippen LogP contribution in [0.5, 0.6) is 0 Å². The topological polar surface area (TPSA) is 79.3 Å². The van der Waals surface area contributed by atoms with Crippen LogP contribution in [0.25, 0.3) is 0 Å². The SMILES string of the molecule is O=C(N[C@@H](Cc1ccncc1)C(=O)O)c1ccccc1. The van der Waals surface area contributed by atoms with Gasteiger partial charge in [0.25, 0.3) is 5.91 Å². The molecule has 0 aliphatic carbocycles. The van der Waals surface area contributed by atoms with E-state index in [0.717, 1.165) is 5.56 Å². The van der Waals surface area contributed by atoms with E-state index in [2.05, 4.69) is 10.3 Å². The van der Waals surface area contributed by atoms with Crippen molar-refractivity contribution in [3.63, 3.8) is 0 Å². The lowest BCUT2D eigenvalue weighted by Crippen LogP contribution is -2.42. The number of carbonyl (C=O) groups is 2. The van der Waals surface area contributed by atoms with E-state index in [9.17, 15) is 14.7 Å². The number of aromatic nitrogens is 1. The fourth-order valence-electron chi connectivity index (χ4n) is 1.79. The molecular formula is C15H14N2O3. The van der Waals surface area contributed by atoms with Crippen LogP contribution in [-0.4, -0.2) is 28.0 Å². The van der Waals surface area contributed by atoms with Crippen molar-refractivity contribution in [1.29, 1.82) is 0 Å². The van der Waals surface area contributed by atoms with E-state index < -0.39 is 17.9 Å². The maximum absolute atomic E-state index is 12.0. The number of carbonyl (C=O) groups excluding carboxylic acids is 1. The van der Waals surface area contributed by atoms with Gasteiger partial charge in [0.2, 0.25) is 0 Å². The quantitative estimate of drug-likeness (QED) is 0.863. The number of benzene rings is 1. The predicted molar refractivity (Wildman–Crippen MR) is 73.3 cm³/mol. The zero-order valence-electron chi connectivity index (χ0n) is 10.7. The molecule has 0 saturated carbocycles. The van der Waals surface area contributed by atoms with Gasteiger partial charge in [-0.1, -0.05) is 18.2 Å². The number of nitrogens with one attached hydrogen (secondary N) is 1. The molecule has 2 N–H and O–H groups in total. The number of amides is 1. The van der Waals surface area contributed by atoms with Crippen LogP contribution < -0.4 is 5.32 Å². The van der Waals surface area contributed by atoms with Gasteiger partial charge in [0.15, 0.2) is 0 Å². The number of pyridine rings is 1. The van der Waals surface area contributed by atoms with Crippen molar-refractivity contribution in [3.8, 4) is 0 Å². The molecule has 0 aliphatic heterocycles. The summed E-state index contributed by atoms with van der Waals surface area (Å²) in [5.41, 5.74) is 1.24. The molecule has 0 saturated heterocycles. The summed E-state index contributed by atoms with van der Waals surface area (Å²) >= 11 is 0. The second kappa shape index (κ2) is 6.47. The van der Waals surface area contributed by atoms with Crippen LogP contribution in [0.2, 0.25) is 0 Å². The highest BCUT2D eigenvalue weighted by atomic mass is 16.4. The normalized spacial score (nSPS) is 11.6. The third kappa shape index (κ3) is 3.65. The maximum atomic E-state index is 12.0. The molecule has 20 heavy (non-hydrogen) atoms. The monoisotopic (exact) mass is 270 g/mol.